The highest BCUT2D eigenvalue weighted by Gasteiger charge is 2.54. The van der Waals surface area contributed by atoms with Crippen molar-refractivity contribution in [3.8, 4) is 0 Å². The molecule has 0 aromatic carbocycles. The van der Waals surface area contributed by atoms with Crippen LogP contribution in [-0.4, -0.2) is 190 Å². The molecule has 0 amide bonds. The Balaban J connectivity index is 2.39. The minimum atomic E-state index is -0.990. The summed E-state index contributed by atoms with van der Waals surface area (Å²) in [7, 11) is 16.7. The summed E-state index contributed by atoms with van der Waals surface area (Å²) in [5.74, 6) is 0. The Bertz CT molecular complexity index is 793. The lowest BCUT2D eigenvalue weighted by Gasteiger charge is -2.49. The minimum Gasteiger partial charge on any atom is -0.382 e. The number of hydrogen-bond donors (Lipinski definition) is 0. The maximum absolute atomic E-state index is 11.6. The van der Waals surface area contributed by atoms with Gasteiger partial charge in [-0.15, -0.1) is 0 Å². The van der Waals surface area contributed by atoms with E-state index in [1.54, 1.807) is 28.4 Å². The van der Waals surface area contributed by atoms with Gasteiger partial charge in [0.1, 0.15) is 73.2 Å². The normalized spacial score (nSPS) is 35.1. The van der Waals surface area contributed by atoms with Gasteiger partial charge in [-0.3, -0.25) is 0 Å². The fourth-order valence-electron chi connectivity index (χ4n) is 5.95. The molecule has 2 fully saturated rings. The lowest BCUT2D eigenvalue weighted by Crippen LogP contribution is -2.66. The Labute approximate surface area is 266 Å². The van der Waals surface area contributed by atoms with Gasteiger partial charge in [0.2, 0.25) is 0 Å². The first-order chi connectivity index (χ1) is 21.8. The fraction of sp³-hybridized carbons (Fsp3) is 0.966. The van der Waals surface area contributed by atoms with Crippen LogP contribution in [0.25, 0.3) is 0 Å². The van der Waals surface area contributed by atoms with Crippen LogP contribution in [0.3, 0.4) is 0 Å². The van der Waals surface area contributed by atoms with Crippen LogP contribution in [0.2, 0.25) is 0 Å². The summed E-state index contributed by atoms with van der Waals surface area (Å²) in [4.78, 5) is 11.6. The van der Waals surface area contributed by atoms with Crippen LogP contribution in [-0.2, 0) is 75.8 Å². The van der Waals surface area contributed by atoms with E-state index in [0.717, 1.165) is 0 Å². The van der Waals surface area contributed by atoms with E-state index in [0.29, 0.717) is 6.29 Å². The van der Waals surface area contributed by atoms with E-state index < -0.39 is 85.8 Å². The lowest BCUT2D eigenvalue weighted by molar-refractivity contribution is -0.369. The second-order valence-electron chi connectivity index (χ2n) is 10.4. The smallest absolute Gasteiger partial charge is 0.187 e. The predicted molar refractivity (Wildman–Crippen MR) is 155 cm³/mol. The summed E-state index contributed by atoms with van der Waals surface area (Å²) >= 11 is 0. The molecular formula is C29H54O16. The lowest BCUT2D eigenvalue weighted by atomic mass is 9.96. The Morgan fingerprint density at radius 2 is 1.04 bits per heavy atom. The van der Waals surface area contributed by atoms with Gasteiger partial charge in [0.25, 0.3) is 0 Å². The van der Waals surface area contributed by atoms with Gasteiger partial charge >= 0.3 is 0 Å². The molecule has 16 nitrogen and oxygen atoms in total. The minimum absolute atomic E-state index is 0.0451. The number of methoxy groups -OCH3 is 11. The topological polar surface area (TPSA) is 156 Å². The predicted octanol–water partition coefficient (Wildman–Crippen LogP) is -0.535. The van der Waals surface area contributed by atoms with Crippen LogP contribution in [0.5, 0.6) is 0 Å². The molecule has 0 N–H and O–H groups in total. The van der Waals surface area contributed by atoms with Crippen LogP contribution < -0.4 is 0 Å². The molecule has 16 heteroatoms. The van der Waals surface area contributed by atoms with Crippen LogP contribution in [0.15, 0.2) is 0 Å². The average Bonchev–Trinajstić information content (AvgIpc) is 3.05. The Morgan fingerprint density at radius 3 is 1.47 bits per heavy atom. The van der Waals surface area contributed by atoms with Crippen molar-refractivity contribution in [3.63, 3.8) is 0 Å². The number of aldehydes is 1. The molecule has 2 aliphatic rings. The zero-order chi connectivity index (χ0) is 33.5. The number of ether oxygens (including phenoxy) is 15. The van der Waals surface area contributed by atoms with E-state index >= 15 is 0 Å². The third-order valence-electron chi connectivity index (χ3n) is 8.19. The van der Waals surface area contributed by atoms with Gasteiger partial charge in [0, 0.05) is 78.2 Å². The van der Waals surface area contributed by atoms with Crippen molar-refractivity contribution in [2.75, 3.05) is 98.0 Å². The van der Waals surface area contributed by atoms with Crippen LogP contribution >= 0.6 is 0 Å². The zero-order valence-corrected chi connectivity index (χ0v) is 28.3. The monoisotopic (exact) mass is 658 g/mol. The molecule has 266 valence electrons. The molecule has 0 aromatic heterocycles. The number of hydrogen-bond acceptors (Lipinski definition) is 16. The van der Waals surface area contributed by atoms with Gasteiger partial charge in [-0.1, -0.05) is 0 Å². The van der Waals surface area contributed by atoms with E-state index in [2.05, 4.69) is 0 Å². The van der Waals surface area contributed by atoms with Crippen molar-refractivity contribution >= 4 is 6.29 Å². The van der Waals surface area contributed by atoms with Crippen molar-refractivity contribution in [1.29, 1.82) is 0 Å². The highest BCUT2D eigenvalue weighted by atomic mass is 16.8. The second kappa shape index (κ2) is 21.1. The molecule has 45 heavy (non-hydrogen) atoms. The highest BCUT2D eigenvalue weighted by molar-refractivity contribution is 5.57. The first-order valence-electron chi connectivity index (χ1n) is 14.6. The molecule has 2 rings (SSSR count). The molecule has 0 spiro atoms. The molecule has 0 bridgehead atoms. The van der Waals surface area contributed by atoms with Crippen LogP contribution in [0, 0.1) is 0 Å². The van der Waals surface area contributed by atoms with Crippen molar-refractivity contribution in [3.05, 3.63) is 0 Å². The summed E-state index contributed by atoms with van der Waals surface area (Å²) in [6.07, 6.45) is -9.64. The van der Waals surface area contributed by atoms with Gasteiger partial charge in [0.05, 0.1) is 19.8 Å². The Morgan fingerprint density at radius 1 is 0.556 bits per heavy atom. The summed E-state index contributed by atoms with van der Waals surface area (Å²) in [6.45, 7) is 0.329. The van der Waals surface area contributed by atoms with Crippen molar-refractivity contribution in [2.24, 2.45) is 0 Å². The van der Waals surface area contributed by atoms with E-state index in [-0.39, 0.29) is 19.8 Å². The van der Waals surface area contributed by atoms with Crippen molar-refractivity contribution in [2.45, 2.75) is 85.8 Å². The molecule has 0 saturated carbocycles. The van der Waals surface area contributed by atoms with Gasteiger partial charge in [-0.2, -0.15) is 0 Å². The highest BCUT2D eigenvalue weighted by Crippen LogP contribution is 2.34. The van der Waals surface area contributed by atoms with Crippen molar-refractivity contribution in [1.82, 2.24) is 0 Å². The van der Waals surface area contributed by atoms with E-state index in [1.807, 2.05) is 0 Å². The largest absolute Gasteiger partial charge is 0.382 e. The molecule has 2 aliphatic heterocycles. The summed E-state index contributed by atoms with van der Waals surface area (Å²) in [5, 5.41) is 0. The maximum Gasteiger partial charge on any atom is 0.187 e. The molecule has 10 unspecified atom stereocenters. The van der Waals surface area contributed by atoms with Gasteiger partial charge in [-0.25, -0.2) is 0 Å². The van der Waals surface area contributed by atoms with E-state index in [9.17, 15) is 4.79 Å². The van der Waals surface area contributed by atoms with E-state index in [4.69, 9.17) is 71.1 Å². The van der Waals surface area contributed by atoms with Crippen molar-refractivity contribution < 1.29 is 75.8 Å². The molecule has 0 aliphatic carbocycles. The van der Waals surface area contributed by atoms with Gasteiger partial charge in [0.15, 0.2) is 18.9 Å². The molecular weight excluding hydrogens is 604 g/mol. The Hall–Kier alpha value is -0.930. The third-order valence-corrected chi connectivity index (χ3v) is 8.19. The fourth-order valence-corrected chi connectivity index (χ4v) is 5.95. The molecule has 2 saturated heterocycles. The quantitative estimate of drug-likeness (QED) is 0.137. The number of carbonyl (C=O) groups is 1. The third kappa shape index (κ3) is 9.81. The standard InChI is InChI=1S/C29H54O16/c1-31-13-18-22(37-7)24(39-9)26(40-10)29(44-18)45-25-23(38-8)19(14-32-2)43-28(27(25)41-11)42-15-17(34-4)21(36-6)20(35-5)16(12-30)33-3/h12,16-29H,13-15H2,1-11H3/t16?,17?,18-,19?,20?,21?,22-,23?,24+,25?,26-,27?,28?,29?/m1/s1. The molecule has 0 radical (unpaired) electrons. The van der Waals surface area contributed by atoms with Crippen LogP contribution in [0.4, 0.5) is 0 Å². The SMILES string of the molecule is COCC1OC(OCC(OC)C(OC)C(OC)C(C=O)OC)C(OC)C(OC2O[C@H](COC)[C@@H](OC)[C@H](OC)[C@H]2OC)C1OC. The first kappa shape index (κ1) is 40.2. The van der Waals surface area contributed by atoms with Crippen LogP contribution in [0.1, 0.15) is 0 Å². The second-order valence-corrected chi connectivity index (χ2v) is 10.4. The van der Waals surface area contributed by atoms with Gasteiger partial charge in [-0.05, 0) is 0 Å². The maximum atomic E-state index is 11.6. The number of rotatable bonds is 22. The first-order valence-corrected chi connectivity index (χ1v) is 14.6. The summed E-state index contributed by atoms with van der Waals surface area (Å²) in [5.41, 5.74) is 0. The molecule has 0 aromatic rings. The summed E-state index contributed by atoms with van der Waals surface area (Å²) in [6, 6.07) is 0. The van der Waals surface area contributed by atoms with E-state index in [1.165, 1.54) is 49.8 Å². The molecule has 2 heterocycles. The van der Waals surface area contributed by atoms with Gasteiger partial charge < -0.3 is 75.8 Å². The average molecular weight is 659 g/mol. The zero-order valence-electron chi connectivity index (χ0n) is 28.3. The number of carbonyl (C=O) groups excluding carboxylic acids is 1. The molecule has 14 atom stereocenters. The summed E-state index contributed by atoms with van der Waals surface area (Å²) < 4.78 is 87.7. The Kier molecular flexibility index (Phi) is 18.9.